The molecule has 0 unspecified atom stereocenters. The number of halogens is 2. The van der Waals surface area contributed by atoms with Crippen molar-refractivity contribution in [2.45, 2.75) is 69.1 Å². The molecule has 1 fully saturated rings. The number of aliphatic hydroxyl groups is 5. The molecule has 0 spiro atoms. The third-order valence-electron chi connectivity index (χ3n) is 5.36. The highest BCUT2D eigenvalue weighted by Crippen LogP contribution is 2.35. The van der Waals surface area contributed by atoms with Gasteiger partial charge in [0.2, 0.25) is 0 Å². The highest BCUT2D eigenvalue weighted by Gasteiger charge is 2.29. The van der Waals surface area contributed by atoms with Crippen molar-refractivity contribution in [3.8, 4) is 0 Å². The normalized spacial score (nSPS) is 20.2. The van der Waals surface area contributed by atoms with Crippen LogP contribution in [0.4, 0.5) is 5.69 Å². The first-order valence-corrected chi connectivity index (χ1v) is 11.4. The summed E-state index contributed by atoms with van der Waals surface area (Å²) in [6.45, 7) is -0.0438. The first kappa shape index (κ1) is 24.9. The Morgan fingerprint density at radius 3 is 2.38 bits per heavy atom. The summed E-state index contributed by atoms with van der Waals surface area (Å²) in [5, 5.41) is 48.2. The lowest BCUT2D eigenvalue weighted by atomic mass is 9.94. The first-order chi connectivity index (χ1) is 13.7. The van der Waals surface area contributed by atoms with Gasteiger partial charge in [-0.15, -0.1) is 0 Å². The molecule has 1 saturated carbocycles. The zero-order valence-corrected chi connectivity index (χ0v) is 19.6. The summed E-state index contributed by atoms with van der Waals surface area (Å²) >= 11 is 7.01. The summed E-state index contributed by atoms with van der Waals surface area (Å²) in [7, 11) is 2.10. The number of hydrogen-bond donors (Lipinski definition) is 5. The fraction of sp³-hybridized carbons (Fsp3) is 0.650. The van der Waals surface area contributed by atoms with Crippen LogP contribution in [0.5, 0.6) is 0 Å². The van der Waals surface area contributed by atoms with E-state index in [1.807, 2.05) is 12.1 Å². The van der Waals surface area contributed by atoms with Gasteiger partial charge in [0.25, 0.3) is 0 Å². The molecule has 0 amide bonds. The van der Waals surface area contributed by atoms with Crippen molar-refractivity contribution in [1.82, 2.24) is 4.90 Å². The van der Waals surface area contributed by atoms with E-state index in [9.17, 15) is 20.4 Å². The summed E-state index contributed by atoms with van der Waals surface area (Å²) in [6.07, 6.45) is 0.853. The highest BCUT2D eigenvalue weighted by molar-refractivity contribution is 9.11. The van der Waals surface area contributed by atoms with Gasteiger partial charge in [-0.3, -0.25) is 9.89 Å². The molecule has 0 saturated heterocycles. The predicted octanol–water partition coefficient (Wildman–Crippen LogP) is 2.11. The zero-order valence-electron chi connectivity index (χ0n) is 16.5. The van der Waals surface area contributed by atoms with E-state index in [0.717, 1.165) is 20.7 Å². The third kappa shape index (κ3) is 7.07. The molecule has 4 atom stereocenters. The SMILES string of the molecule is CN(Cc1cc(Br)cc(Br)c1N=C[C@@H](O)[C@H](O)[C@@H](O)[C@@H](O)CO)C1CCCCC1. The van der Waals surface area contributed by atoms with E-state index in [-0.39, 0.29) is 0 Å². The molecule has 0 heterocycles. The van der Waals surface area contributed by atoms with Crippen LogP contribution >= 0.6 is 31.9 Å². The molecule has 1 aliphatic carbocycles. The van der Waals surface area contributed by atoms with E-state index in [2.05, 4.69) is 48.8 Å². The largest absolute Gasteiger partial charge is 0.394 e. The number of aliphatic imine (C=N–C) groups is 1. The van der Waals surface area contributed by atoms with Gasteiger partial charge in [-0.05, 0) is 53.5 Å². The van der Waals surface area contributed by atoms with Crippen molar-refractivity contribution in [2.24, 2.45) is 4.99 Å². The molecule has 1 aliphatic rings. The van der Waals surface area contributed by atoms with E-state index in [0.29, 0.717) is 18.3 Å². The Hall–Kier alpha value is -0.390. The molecular formula is C20H30Br2N2O5. The van der Waals surface area contributed by atoms with Gasteiger partial charge in [-0.1, -0.05) is 35.2 Å². The predicted molar refractivity (Wildman–Crippen MR) is 119 cm³/mol. The Morgan fingerprint density at radius 1 is 1.10 bits per heavy atom. The Balaban J connectivity index is 2.17. The van der Waals surface area contributed by atoms with Gasteiger partial charge in [-0.25, -0.2) is 0 Å². The first-order valence-electron chi connectivity index (χ1n) is 9.80. The molecular weight excluding hydrogens is 508 g/mol. The van der Waals surface area contributed by atoms with E-state index in [4.69, 9.17) is 5.11 Å². The summed E-state index contributed by atoms with van der Waals surface area (Å²) in [5.74, 6) is 0. The maximum atomic E-state index is 10.1. The molecule has 0 bridgehead atoms. The minimum atomic E-state index is -1.69. The van der Waals surface area contributed by atoms with Crippen molar-refractivity contribution in [2.75, 3.05) is 13.7 Å². The standard InChI is InChI=1S/C20H30Br2N2O5/c1-24(14-5-3-2-4-6-14)10-12-7-13(21)8-15(22)18(12)23-9-16(26)19(28)20(29)17(27)11-25/h7-9,14,16-17,19-20,25-29H,2-6,10-11H2,1H3/t16-,17+,19+,20+/m1/s1. The number of aliphatic hydroxyl groups excluding tert-OH is 5. The Bertz CT molecular complexity index is 685. The van der Waals surface area contributed by atoms with Gasteiger partial charge >= 0.3 is 0 Å². The quantitative estimate of drug-likeness (QED) is 0.308. The minimum absolute atomic E-state index is 0.529. The molecule has 0 radical (unpaired) electrons. The highest BCUT2D eigenvalue weighted by atomic mass is 79.9. The van der Waals surface area contributed by atoms with E-state index in [1.165, 1.54) is 32.1 Å². The van der Waals surface area contributed by atoms with Crippen molar-refractivity contribution in [1.29, 1.82) is 0 Å². The topological polar surface area (TPSA) is 117 Å². The second-order valence-electron chi connectivity index (χ2n) is 7.60. The van der Waals surface area contributed by atoms with E-state index >= 15 is 0 Å². The van der Waals surface area contributed by atoms with Crippen molar-refractivity contribution in [3.63, 3.8) is 0 Å². The van der Waals surface area contributed by atoms with Crippen molar-refractivity contribution in [3.05, 3.63) is 26.6 Å². The van der Waals surface area contributed by atoms with Gasteiger partial charge in [0.15, 0.2) is 0 Å². The van der Waals surface area contributed by atoms with Crippen LogP contribution in [0.25, 0.3) is 0 Å². The average molecular weight is 538 g/mol. The van der Waals surface area contributed by atoms with E-state index < -0.39 is 31.0 Å². The van der Waals surface area contributed by atoms with Gasteiger partial charge in [0.05, 0.1) is 12.3 Å². The summed E-state index contributed by atoms with van der Waals surface area (Å²) in [5.41, 5.74) is 1.58. The van der Waals surface area contributed by atoms with Crippen LogP contribution in [0, 0.1) is 0 Å². The molecule has 0 aliphatic heterocycles. The number of rotatable bonds is 9. The number of nitrogens with zero attached hydrogens (tertiary/aromatic N) is 2. The Morgan fingerprint density at radius 2 is 1.76 bits per heavy atom. The third-order valence-corrected chi connectivity index (χ3v) is 6.42. The van der Waals surface area contributed by atoms with Gasteiger partial charge in [-0.2, -0.15) is 0 Å². The fourth-order valence-corrected chi connectivity index (χ4v) is 5.00. The summed E-state index contributed by atoms with van der Waals surface area (Å²) in [6, 6.07) is 4.36. The summed E-state index contributed by atoms with van der Waals surface area (Å²) in [4.78, 5) is 6.67. The summed E-state index contributed by atoms with van der Waals surface area (Å²) < 4.78 is 1.63. The molecule has 2 rings (SSSR count). The van der Waals surface area contributed by atoms with Crippen LogP contribution in [0.1, 0.15) is 37.7 Å². The molecule has 7 nitrogen and oxygen atoms in total. The monoisotopic (exact) mass is 536 g/mol. The molecule has 0 aromatic heterocycles. The Labute approximate surface area is 188 Å². The van der Waals surface area contributed by atoms with Crippen molar-refractivity contribution < 1.29 is 25.5 Å². The smallest absolute Gasteiger partial charge is 0.118 e. The second kappa shape index (κ2) is 11.9. The molecule has 1 aromatic rings. The lowest BCUT2D eigenvalue weighted by Crippen LogP contribution is -2.46. The van der Waals surface area contributed by atoms with Crippen LogP contribution in [-0.2, 0) is 6.54 Å². The lowest BCUT2D eigenvalue weighted by molar-refractivity contribution is -0.0999. The number of benzene rings is 1. The Kier molecular flexibility index (Phi) is 10.2. The fourth-order valence-electron chi connectivity index (χ4n) is 3.58. The van der Waals surface area contributed by atoms with Crippen LogP contribution in [0.15, 0.2) is 26.1 Å². The maximum absolute atomic E-state index is 10.1. The molecule has 1 aromatic carbocycles. The molecule has 5 N–H and O–H groups in total. The van der Waals surface area contributed by atoms with E-state index in [1.54, 1.807) is 0 Å². The van der Waals surface area contributed by atoms with Crippen LogP contribution in [-0.4, -0.2) is 80.8 Å². The van der Waals surface area contributed by atoms with Gasteiger partial charge < -0.3 is 25.5 Å². The van der Waals surface area contributed by atoms with Crippen LogP contribution < -0.4 is 0 Å². The molecule has 9 heteroatoms. The van der Waals surface area contributed by atoms with Gasteiger partial charge in [0.1, 0.15) is 24.4 Å². The minimum Gasteiger partial charge on any atom is -0.394 e. The average Bonchev–Trinajstić information content (AvgIpc) is 2.71. The zero-order chi connectivity index (χ0) is 21.6. The molecule has 164 valence electrons. The molecule has 29 heavy (non-hydrogen) atoms. The van der Waals surface area contributed by atoms with Gasteiger partial charge in [0, 0.05) is 27.7 Å². The van der Waals surface area contributed by atoms with Crippen LogP contribution in [0.2, 0.25) is 0 Å². The number of hydrogen-bond acceptors (Lipinski definition) is 7. The lowest BCUT2D eigenvalue weighted by Gasteiger charge is -2.31. The van der Waals surface area contributed by atoms with Crippen molar-refractivity contribution >= 4 is 43.8 Å². The van der Waals surface area contributed by atoms with Crippen LogP contribution in [0.3, 0.4) is 0 Å². The maximum Gasteiger partial charge on any atom is 0.118 e. The second-order valence-corrected chi connectivity index (χ2v) is 9.37.